The number of rotatable bonds is 8. The molecule has 11 heteroatoms. The maximum Gasteiger partial charge on any atom is 0.419 e. The highest BCUT2D eigenvalue weighted by molar-refractivity contribution is 5.91. The van der Waals surface area contributed by atoms with E-state index in [0.29, 0.717) is 30.2 Å². The lowest BCUT2D eigenvalue weighted by atomic mass is 9.85. The summed E-state index contributed by atoms with van der Waals surface area (Å²) in [5.74, 6) is 0.430. The largest absolute Gasteiger partial charge is 0.444 e. The van der Waals surface area contributed by atoms with Gasteiger partial charge in [-0.25, -0.2) is 18.8 Å². The summed E-state index contributed by atoms with van der Waals surface area (Å²) in [4.78, 5) is 35.7. The molecule has 0 atom stereocenters. The maximum atomic E-state index is 13.7. The predicted octanol–water partition coefficient (Wildman–Crippen LogP) is 7.26. The monoisotopic (exact) mass is 641 g/mol. The first-order valence-corrected chi connectivity index (χ1v) is 16.8. The second kappa shape index (κ2) is 13.0. The third-order valence-electron chi connectivity index (χ3n) is 8.60. The second-order valence-corrected chi connectivity index (χ2v) is 14.9. The minimum atomic E-state index is -0.697. The van der Waals surface area contributed by atoms with Crippen LogP contribution in [0.2, 0.25) is 0 Å². The molecular weight excluding hydrogens is 594 g/mol. The molecule has 1 amide bonds. The molecule has 250 valence electrons. The zero-order valence-corrected chi connectivity index (χ0v) is 28.5. The Morgan fingerprint density at radius 1 is 0.936 bits per heavy atom. The Labute approximate surface area is 276 Å². The van der Waals surface area contributed by atoms with Crippen molar-refractivity contribution in [1.29, 1.82) is 0 Å². The van der Waals surface area contributed by atoms with Crippen LogP contribution in [0.1, 0.15) is 84.9 Å². The van der Waals surface area contributed by atoms with Gasteiger partial charge in [0.2, 0.25) is 0 Å². The van der Waals surface area contributed by atoms with Gasteiger partial charge in [0.25, 0.3) is 0 Å². The van der Waals surface area contributed by atoms with Gasteiger partial charge < -0.3 is 19.3 Å². The topological polar surface area (TPSA) is 108 Å². The van der Waals surface area contributed by atoms with Crippen LogP contribution in [0.15, 0.2) is 48.9 Å². The Morgan fingerprint density at radius 3 is 2.36 bits per heavy atom. The number of aromatic nitrogens is 5. The molecule has 1 saturated heterocycles. The minimum absolute atomic E-state index is 0.228. The van der Waals surface area contributed by atoms with E-state index < -0.39 is 17.3 Å². The highest BCUT2D eigenvalue weighted by atomic mass is 16.6. The van der Waals surface area contributed by atoms with Gasteiger partial charge in [0, 0.05) is 42.5 Å². The summed E-state index contributed by atoms with van der Waals surface area (Å²) in [6.07, 6.45) is 10.5. The number of pyridine rings is 1. The smallest absolute Gasteiger partial charge is 0.419 e. The van der Waals surface area contributed by atoms with Gasteiger partial charge in [-0.2, -0.15) is 0 Å². The van der Waals surface area contributed by atoms with Crippen molar-refractivity contribution < 1.29 is 19.1 Å². The van der Waals surface area contributed by atoms with Crippen molar-refractivity contribution in [3.05, 3.63) is 60.2 Å². The normalized spacial score (nSPS) is 15.6. The molecule has 2 aliphatic rings. The summed E-state index contributed by atoms with van der Waals surface area (Å²) in [7, 11) is 0. The van der Waals surface area contributed by atoms with Crippen LogP contribution >= 0.6 is 0 Å². The summed E-state index contributed by atoms with van der Waals surface area (Å²) in [6, 6.07) is 10.1. The molecule has 1 aliphatic carbocycles. The molecule has 47 heavy (non-hydrogen) atoms. The number of amides is 1. The van der Waals surface area contributed by atoms with Crippen molar-refractivity contribution in [2.24, 2.45) is 5.92 Å². The molecular formula is C36H47N7O4. The Hall–Kier alpha value is -4.41. The standard InChI is InChI=1S/C36H47N7O4/c1-35(2,3)46-33(44)41(21-25-10-9-11-25)23-30-17-27-13-12-26(16-32(27)43(30)34(45)47-36(4,5)6)22-42-24-31(38-39-42)28-18-29(20-37-19-28)40-14-7-8-15-40/h12-13,16-20,24-25H,7-11,14-15,21-23H2,1-6H3. The van der Waals surface area contributed by atoms with Crippen molar-refractivity contribution in [1.82, 2.24) is 29.4 Å². The summed E-state index contributed by atoms with van der Waals surface area (Å²) in [5.41, 5.74) is 3.80. The van der Waals surface area contributed by atoms with Crippen LogP contribution in [0.3, 0.4) is 0 Å². The predicted molar refractivity (Wildman–Crippen MR) is 181 cm³/mol. The van der Waals surface area contributed by atoms with Crippen LogP contribution in [0.25, 0.3) is 22.2 Å². The summed E-state index contributed by atoms with van der Waals surface area (Å²) < 4.78 is 15.1. The van der Waals surface area contributed by atoms with Crippen molar-refractivity contribution >= 4 is 28.8 Å². The van der Waals surface area contributed by atoms with Crippen LogP contribution in [-0.2, 0) is 22.6 Å². The van der Waals surface area contributed by atoms with Crippen molar-refractivity contribution in [3.63, 3.8) is 0 Å². The Morgan fingerprint density at radius 2 is 1.68 bits per heavy atom. The van der Waals surface area contributed by atoms with Gasteiger partial charge in [0.1, 0.15) is 16.9 Å². The van der Waals surface area contributed by atoms with Crippen molar-refractivity contribution in [3.8, 4) is 11.3 Å². The fourth-order valence-electron chi connectivity index (χ4n) is 6.17. The van der Waals surface area contributed by atoms with Gasteiger partial charge in [-0.05, 0) is 96.9 Å². The zero-order chi connectivity index (χ0) is 33.3. The average molecular weight is 642 g/mol. The van der Waals surface area contributed by atoms with E-state index in [0.717, 1.165) is 53.8 Å². The molecule has 4 heterocycles. The number of hydrogen-bond acceptors (Lipinski definition) is 8. The fourth-order valence-corrected chi connectivity index (χ4v) is 6.17. The summed E-state index contributed by atoms with van der Waals surface area (Å²) in [5, 5.41) is 9.72. The highest BCUT2D eigenvalue weighted by Gasteiger charge is 2.30. The average Bonchev–Trinajstić information content (AvgIpc) is 3.73. The van der Waals surface area contributed by atoms with E-state index in [1.165, 1.54) is 19.3 Å². The molecule has 1 saturated carbocycles. The molecule has 6 rings (SSSR count). The van der Waals surface area contributed by atoms with Gasteiger partial charge in [-0.1, -0.05) is 23.8 Å². The van der Waals surface area contributed by atoms with Crippen molar-refractivity contribution in [2.45, 2.75) is 97.9 Å². The molecule has 0 spiro atoms. The Kier molecular flexibility index (Phi) is 9.00. The molecule has 0 unspecified atom stereocenters. The highest BCUT2D eigenvalue weighted by Crippen LogP contribution is 2.30. The first-order chi connectivity index (χ1) is 22.3. The maximum absolute atomic E-state index is 13.7. The van der Waals surface area contributed by atoms with Crippen LogP contribution in [-0.4, -0.2) is 72.5 Å². The third-order valence-corrected chi connectivity index (χ3v) is 8.60. The zero-order valence-electron chi connectivity index (χ0n) is 28.5. The Bertz CT molecular complexity index is 1740. The number of benzene rings is 1. The van der Waals surface area contributed by atoms with E-state index in [9.17, 15) is 9.59 Å². The lowest BCUT2D eigenvalue weighted by molar-refractivity contribution is 0.0163. The molecule has 3 aromatic heterocycles. The molecule has 0 radical (unpaired) electrons. The Balaban J connectivity index is 1.29. The van der Waals surface area contributed by atoms with E-state index in [-0.39, 0.29) is 12.6 Å². The van der Waals surface area contributed by atoms with Crippen LogP contribution in [0.5, 0.6) is 0 Å². The summed E-state index contributed by atoms with van der Waals surface area (Å²) in [6.45, 7) is 14.5. The number of carbonyl (C=O) groups is 2. The molecule has 1 aromatic carbocycles. The number of nitrogens with zero attached hydrogens (tertiary/aromatic N) is 7. The number of hydrogen-bond donors (Lipinski definition) is 0. The third kappa shape index (κ3) is 7.94. The molecule has 4 aromatic rings. The van der Waals surface area contributed by atoms with Gasteiger partial charge in [0.05, 0.1) is 36.7 Å². The molecule has 0 N–H and O–H groups in total. The van der Waals surface area contributed by atoms with E-state index in [2.05, 4.69) is 26.3 Å². The first kappa shape index (κ1) is 32.5. The van der Waals surface area contributed by atoms with E-state index in [1.54, 1.807) is 14.1 Å². The quantitative estimate of drug-likeness (QED) is 0.198. The second-order valence-electron chi connectivity index (χ2n) is 14.9. The van der Waals surface area contributed by atoms with Gasteiger partial charge in [0.15, 0.2) is 0 Å². The number of anilines is 1. The molecule has 1 aliphatic heterocycles. The van der Waals surface area contributed by atoms with Gasteiger partial charge in [-0.15, -0.1) is 5.10 Å². The van der Waals surface area contributed by atoms with Gasteiger partial charge >= 0.3 is 12.2 Å². The number of carbonyl (C=O) groups excluding carboxylic acids is 2. The number of ether oxygens (including phenoxy) is 2. The SMILES string of the molecule is CC(C)(C)OC(=O)N(Cc1cc2ccc(Cn3cc(-c4cncc(N5CCCC5)c4)nn3)cc2n1C(=O)OC(C)(C)C)CC1CCC1. The molecule has 2 fully saturated rings. The fraction of sp³-hybridized carbons (Fsp3) is 0.528. The minimum Gasteiger partial charge on any atom is -0.444 e. The lowest BCUT2D eigenvalue weighted by Crippen LogP contribution is -2.41. The van der Waals surface area contributed by atoms with E-state index in [4.69, 9.17) is 9.47 Å². The summed E-state index contributed by atoms with van der Waals surface area (Å²) >= 11 is 0. The molecule has 11 nitrogen and oxygen atoms in total. The van der Waals surface area contributed by atoms with E-state index in [1.807, 2.05) is 84.4 Å². The van der Waals surface area contributed by atoms with Crippen LogP contribution in [0.4, 0.5) is 15.3 Å². The number of fused-ring (bicyclic) bond motifs is 1. The van der Waals surface area contributed by atoms with Crippen molar-refractivity contribution in [2.75, 3.05) is 24.5 Å². The van der Waals surface area contributed by atoms with Gasteiger partial charge in [-0.3, -0.25) is 4.98 Å². The van der Waals surface area contributed by atoms with E-state index >= 15 is 0 Å². The first-order valence-electron chi connectivity index (χ1n) is 16.8. The molecule has 0 bridgehead atoms. The van der Waals surface area contributed by atoms with Crippen LogP contribution in [0, 0.1) is 5.92 Å². The lowest BCUT2D eigenvalue weighted by Gasteiger charge is -2.33. The van der Waals surface area contributed by atoms with Crippen LogP contribution < -0.4 is 4.90 Å².